The highest BCUT2D eigenvalue weighted by Crippen LogP contribution is 2.44. The van der Waals surface area contributed by atoms with Gasteiger partial charge >= 0.3 is 0 Å². The van der Waals surface area contributed by atoms with Crippen molar-refractivity contribution in [3.8, 4) is 17.2 Å². The third kappa shape index (κ3) is 2.98. The second kappa shape index (κ2) is 7.44. The van der Waals surface area contributed by atoms with Crippen molar-refractivity contribution in [1.82, 2.24) is 9.58 Å². The smallest absolute Gasteiger partial charge is 0.278 e. The lowest BCUT2D eigenvalue weighted by atomic mass is 9.93. The van der Waals surface area contributed by atoms with Crippen LogP contribution in [0.3, 0.4) is 0 Å². The van der Waals surface area contributed by atoms with E-state index in [-0.39, 0.29) is 12.4 Å². The Morgan fingerprint density at radius 1 is 0.939 bits per heavy atom. The number of hydrogen-bond acceptors (Lipinski definition) is 6. The minimum atomic E-state index is -0.592. The highest BCUT2D eigenvalue weighted by molar-refractivity contribution is 5.96. The fourth-order valence-electron chi connectivity index (χ4n) is 4.75. The number of para-hydroxylation sites is 1. The van der Waals surface area contributed by atoms with Gasteiger partial charge in [-0.1, -0.05) is 36.4 Å². The van der Waals surface area contributed by atoms with Gasteiger partial charge in [0.2, 0.25) is 5.43 Å². The quantitative estimate of drug-likeness (QED) is 0.538. The van der Waals surface area contributed by atoms with Crippen molar-refractivity contribution in [2.45, 2.75) is 12.6 Å². The molecule has 3 aliphatic heterocycles. The first kappa shape index (κ1) is 19.5. The molecule has 0 saturated carbocycles. The van der Waals surface area contributed by atoms with Crippen LogP contribution in [-0.2, 0) is 6.61 Å². The Balaban J connectivity index is 1.68. The summed E-state index contributed by atoms with van der Waals surface area (Å²) in [4.78, 5) is 27.1. The van der Waals surface area contributed by atoms with E-state index in [0.717, 1.165) is 28.2 Å². The SMILES string of the molecule is O=C1c2c(O)c(=O)ccn2N2CN1C/C=C\COc1cccc3c1[C@H]2c1ccccc1OC3. The zero-order valence-electron chi connectivity index (χ0n) is 17.7. The Bertz CT molecular complexity index is 1360. The fraction of sp³-hybridized carbons (Fsp3) is 0.200. The van der Waals surface area contributed by atoms with Gasteiger partial charge in [0.15, 0.2) is 11.4 Å². The number of carbonyl (C=O) groups is 1. The molecule has 166 valence electrons. The first-order valence-corrected chi connectivity index (χ1v) is 10.8. The van der Waals surface area contributed by atoms with E-state index in [1.807, 2.05) is 59.6 Å². The monoisotopic (exact) mass is 443 g/mol. The number of rotatable bonds is 0. The molecular weight excluding hydrogens is 422 g/mol. The highest BCUT2D eigenvalue weighted by atomic mass is 16.5. The van der Waals surface area contributed by atoms with Crippen molar-refractivity contribution >= 4 is 5.91 Å². The molecule has 4 heterocycles. The van der Waals surface area contributed by atoms with Gasteiger partial charge in [-0.15, -0.1) is 0 Å². The summed E-state index contributed by atoms with van der Waals surface area (Å²) in [5, 5.41) is 12.6. The lowest BCUT2D eigenvalue weighted by Crippen LogP contribution is -2.55. The maximum absolute atomic E-state index is 13.3. The van der Waals surface area contributed by atoms with E-state index in [2.05, 4.69) is 0 Å². The molecular formula is C25H21N3O5. The first-order chi connectivity index (χ1) is 16.1. The largest absolute Gasteiger partial charge is 0.502 e. The van der Waals surface area contributed by atoms with Gasteiger partial charge in [-0.3, -0.25) is 19.3 Å². The average molecular weight is 443 g/mol. The zero-order chi connectivity index (χ0) is 22.5. The maximum atomic E-state index is 13.3. The van der Waals surface area contributed by atoms with Crippen molar-refractivity contribution in [3.63, 3.8) is 0 Å². The number of carbonyl (C=O) groups excluding carboxylic acids is 1. The molecule has 1 aromatic heterocycles. The van der Waals surface area contributed by atoms with Gasteiger partial charge in [0, 0.05) is 29.9 Å². The molecule has 0 unspecified atom stereocenters. The zero-order valence-corrected chi connectivity index (χ0v) is 17.7. The van der Waals surface area contributed by atoms with Crippen LogP contribution in [0.5, 0.6) is 17.2 Å². The van der Waals surface area contributed by atoms with Gasteiger partial charge in [-0.25, -0.2) is 0 Å². The summed E-state index contributed by atoms with van der Waals surface area (Å²) in [6.07, 6.45) is 5.27. The number of nitrogens with zero attached hydrogens (tertiary/aromatic N) is 3. The average Bonchev–Trinajstić information content (AvgIpc) is 3.01. The Morgan fingerprint density at radius 3 is 2.70 bits per heavy atom. The van der Waals surface area contributed by atoms with E-state index >= 15 is 0 Å². The van der Waals surface area contributed by atoms with Crippen molar-refractivity contribution < 1.29 is 19.4 Å². The predicted molar refractivity (Wildman–Crippen MR) is 120 cm³/mol. The molecule has 33 heavy (non-hydrogen) atoms. The lowest BCUT2D eigenvalue weighted by Gasteiger charge is -2.43. The van der Waals surface area contributed by atoms with E-state index < -0.39 is 23.1 Å². The summed E-state index contributed by atoms with van der Waals surface area (Å²) in [7, 11) is 0. The summed E-state index contributed by atoms with van der Waals surface area (Å²) in [5.41, 5.74) is 2.15. The van der Waals surface area contributed by atoms with Crippen molar-refractivity contribution in [2.75, 3.05) is 24.8 Å². The van der Waals surface area contributed by atoms with E-state index in [1.54, 1.807) is 15.8 Å². The van der Waals surface area contributed by atoms with Gasteiger partial charge in [0.1, 0.15) is 37.4 Å². The molecule has 8 nitrogen and oxygen atoms in total. The van der Waals surface area contributed by atoms with Crippen molar-refractivity contribution in [3.05, 3.63) is 99.5 Å². The van der Waals surface area contributed by atoms with Crippen LogP contribution in [0.4, 0.5) is 0 Å². The molecule has 1 amide bonds. The third-order valence-electron chi connectivity index (χ3n) is 6.29. The number of amides is 1. The number of hydrogen-bond donors (Lipinski definition) is 1. The Morgan fingerprint density at radius 2 is 1.79 bits per heavy atom. The Hall–Kier alpha value is -4.20. The molecule has 0 fully saturated rings. The minimum absolute atomic E-state index is 0.0519. The van der Waals surface area contributed by atoms with Crippen LogP contribution >= 0.6 is 0 Å². The number of ether oxygens (including phenoxy) is 2. The van der Waals surface area contributed by atoms with Crippen molar-refractivity contribution in [2.24, 2.45) is 0 Å². The van der Waals surface area contributed by atoms with E-state index in [1.165, 1.54) is 6.07 Å². The molecule has 1 atom stereocenters. The number of fused-ring (bicyclic) bond motifs is 7. The second-order valence-corrected chi connectivity index (χ2v) is 8.17. The van der Waals surface area contributed by atoms with Crippen LogP contribution in [0, 0.1) is 0 Å². The molecule has 6 rings (SSSR count). The predicted octanol–water partition coefficient (Wildman–Crippen LogP) is 2.54. The molecule has 2 aromatic carbocycles. The highest BCUT2D eigenvalue weighted by Gasteiger charge is 2.39. The van der Waals surface area contributed by atoms with Crippen LogP contribution in [0.1, 0.15) is 33.2 Å². The number of aromatic hydroxyl groups is 1. The van der Waals surface area contributed by atoms with Crippen LogP contribution in [-0.4, -0.2) is 40.4 Å². The maximum Gasteiger partial charge on any atom is 0.278 e. The van der Waals surface area contributed by atoms with Gasteiger partial charge in [0.05, 0.1) is 0 Å². The van der Waals surface area contributed by atoms with Gasteiger partial charge in [-0.05, 0) is 23.8 Å². The summed E-state index contributed by atoms with van der Waals surface area (Å²) in [5.74, 6) is 0.490. The summed E-state index contributed by atoms with van der Waals surface area (Å²) < 4.78 is 13.9. The van der Waals surface area contributed by atoms with Crippen LogP contribution in [0.2, 0.25) is 0 Å². The normalized spacial score (nSPS) is 19.6. The number of pyridine rings is 1. The van der Waals surface area contributed by atoms with Crippen LogP contribution in [0.25, 0.3) is 0 Å². The summed E-state index contributed by atoms with van der Waals surface area (Å²) in [6.45, 7) is 1.28. The molecule has 2 bridgehead atoms. The van der Waals surface area contributed by atoms with Crippen LogP contribution in [0.15, 0.2) is 71.7 Å². The molecule has 0 saturated heterocycles. The molecule has 1 N–H and O–H groups in total. The Labute approximate surface area is 189 Å². The third-order valence-corrected chi connectivity index (χ3v) is 6.29. The fourth-order valence-corrected chi connectivity index (χ4v) is 4.75. The van der Waals surface area contributed by atoms with Gasteiger partial charge < -0.3 is 19.5 Å². The van der Waals surface area contributed by atoms with Crippen molar-refractivity contribution in [1.29, 1.82) is 0 Å². The molecule has 0 aliphatic carbocycles. The number of benzene rings is 2. The summed E-state index contributed by atoms with van der Waals surface area (Å²) >= 11 is 0. The minimum Gasteiger partial charge on any atom is -0.502 e. The standard InChI is InChI=1S/C25H21N3O5/c29-18-10-12-27-23(24(18)30)25(31)26-11-3-4-13-32-20-9-5-6-16-14-33-19-8-2-1-7-17(19)22(21(16)20)28(27)15-26/h1-10,12,22,30H,11,13-15H2/b4-3-/t22-/m1/s1. The molecule has 3 aromatic rings. The molecule has 0 spiro atoms. The number of aromatic nitrogens is 1. The second-order valence-electron chi connectivity index (χ2n) is 8.17. The first-order valence-electron chi connectivity index (χ1n) is 10.8. The van der Waals surface area contributed by atoms with E-state index in [4.69, 9.17) is 9.47 Å². The van der Waals surface area contributed by atoms with E-state index in [0.29, 0.717) is 19.8 Å². The van der Waals surface area contributed by atoms with Gasteiger partial charge in [-0.2, -0.15) is 0 Å². The molecule has 3 aliphatic rings. The lowest BCUT2D eigenvalue weighted by molar-refractivity contribution is 0.0701. The summed E-state index contributed by atoms with van der Waals surface area (Å²) in [6, 6.07) is 14.5. The topological polar surface area (TPSA) is 84.2 Å². The molecule has 0 radical (unpaired) electrons. The Kier molecular flexibility index (Phi) is 4.39. The molecule has 8 heteroatoms. The van der Waals surface area contributed by atoms with Crippen LogP contribution < -0.4 is 19.9 Å². The van der Waals surface area contributed by atoms with Gasteiger partial charge in [0.25, 0.3) is 5.91 Å². The van der Waals surface area contributed by atoms with E-state index in [9.17, 15) is 14.7 Å².